The van der Waals surface area contributed by atoms with Gasteiger partial charge in [-0.15, -0.1) is 0 Å². The second kappa shape index (κ2) is 5.51. The van der Waals surface area contributed by atoms with E-state index in [4.69, 9.17) is 9.84 Å². The van der Waals surface area contributed by atoms with Crippen LogP contribution in [0.3, 0.4) is 0 Å². The number of nitrogens with zero attached hydrogens (tertiary/aromatic N) is 1. The van der Waals surface area contributed by atoms with Gasteiger partial charge in [0.2, 0.25) is 0 Å². The average Bonchev–Trinajstić information content (AvgIpc) is 2.50. The summed E-state index contributed by atoms with van der Waals surface area (Å²) in [5.41, 5.74) is 0. The molecule has 1 aliphatic rings. The van der Waals surface area contributed by atoms with Gasteiger partial charge in [0.05, 0.1) is 6.61 Å². The second-order valence-corrected chi connectivity index (χ2v) is 3.23. The maximum atomic E-state index is 8.68. The highest BCUT2D eigenvalue weighted by atomic mass is 16.5. The van der Waals surface area contributed by atoms with E-state index in [2.05, 4.69) is 11.8 Å². The lowest BCUT2D eigenvalue weighted by Crippen LogP contribution is -2.31. The quantitative estimate of drug-likeness (QED) is 0.668. The van der Waals surface area contributed by atoms with Crippen LogP contribution >= 0.6 is 0 Å². The molecule has 1 heterocycles. The molecule has 0 bridgehead atoms. The summed E-state index contributed by atoms with van der Waals surface area (Å²) in [6.45, 7) is 5.32. The highest BCUT2D eigenvalue weighted by Gasteiger charge is 2.23. The Bertz CT molecular complexity index is 119. The minimum atomic E-state index is 0.287. The zero-order valence-electron chi connectivity index (χ0n) is 7.83. The normalized spacial score (nSPS) is 25.0. The second-order valence-electron chi connectivity index (χ2n) is 3.23. The number of rotatable bonds is 5. The maximum absolute atomic E-state index is 8.68. The lowest BCUT2D eigenvalue weighted by Gasteiger charge is -2.21. The molecule has 0 aromatic rings. The fourth-order valence-electron chi connectivity index (χ4n) is 1.60. The molecule has 72 valence electrons. The number of hydrogen-bond donors (Lipinski definition) is 1. The van der Waals surface area contributed by atoms with Gasteiger partial charge in [0, 0.05) is 19.7 Å². The largest absolute Gasteiger partial charge is 0.396 e. The van der Waals surface area contributed by atoms with Crippen molar-refractivity contribution in [3.8, 4) is 0 Å². The molecule has 1 unspecified atom stereocenters. The fourth-order valence-corrected chi connectivity index (χ4v) is 1.60. The Hall–Kier alpha value is -0.120. The third-order valence-electron chi connectivity index (χ3n) is 2.24. The molecule has 1 aliphatic heterocycles. The van der Waals surface area contributed by atoms with Crippen molar-refractivity contribution in [1.29, 1.82) is 0 Å². The molecule has 1 N–H and O–H groups in total. The predicted octanol–water partition coefficient (Wildman–Crippen LogP) is 0.827. The van der Waals surface area contributed by atoms with Crippen molar-refractivity contribution in [2.75, 3.05) is 26.3 Å². The molecule has 1 fully saturated rings. The molecule has 0 spiro atoms. The first kappa shape index (κ1) is 9.96. The third-order valence-corrected chi connectivity index (χ3v) is 2.24. The van der Waals surface area contributed by atoms with Gasteiger partial charge in [-0.1, -0.05) is 13.3 Å². The number of aliphatic hydroxyl groups is 1. The van der Waals surface area contributed by atoms with Crippen molar-refractivity contribution in [1.82, 2.24) is 4.90 Å². The van der Waals surface area contributed by atoms with Crippen molar-refractivity contribution in [2.24, 2.45) is 0 Å². The molecule has 0 amide bonds. The Labute approximate surface area is 74.3 Å². The van der Waals surface area contributed by atoms with Crippen LogP contribution in [0.2, 0.25) is 0 Å². The summed E-state index contributed by atoms with van der Waals surface area (Å²) in [4.78, 5) is 2.32. The van der Waals surface area contributed by atoms with Crippen molar-refractivity contribution < 1.29 is 9.84 Å². The van der Waals surface area contributed by atoms with E-state index in [1.165, 1.54) is 6.42 Å². The molecule has 1 rings (SSSR count). The minimum absolute atomic E-state index is 0.287. The molecule has 0 aliphatic carbocycles. The number of ether oxygens (including phenoxy) is 1. The van der Waals surface area contributed by atoms with Gasteiger partial charge < -0.3 is 9.84 Å². The van der Waals surface area contributed by atoms with Crippen LogP contribution in [0.5, 0.6) is 0 Å². The van der Waals surface area contributed by atoms with Gasteiger partial charge in [0.25, 0.3) is 0 Å². The molecule has 3 nitrogen and oxygen atoms in total. The summed E-state index contributed by atoms with van der Waals surface area (Å²) in [7, 11) is 0. The Morgan fingerprint density at radius 3 is 3.08 bits per heavy atom. The monoisotopic (exact) mass is 173 g/mol. The van der Waals surface area contributed by atoms with Crippen LogP contribution < -0.4 is 0 Å². The van der Waals surface area contributed by atoms with Gasteiger partial charge in [-0.3, -0.25) is 4.90 Å². The van der Waals surface area contributed by atoms with Crippen LogP contribution in [-0.4, -0.2) is 42.5 Å². The van der Waals surface area contributed by atoms with E-state index >= 15 is 0 Å². The van der Waals surface area contributed by atoms with Gasteiger partial charge in [-0.05, 0) is 12.8 Å². The van der Waals surface area contributed by atoms with Crippen LogP contribution in [0.4, 0.5) is 0 Å². The smallest absolute Gasteiger partial charge is 0.110 e. The standard InChI is InChI=1S/C9H19NO2/c1-2-4-9-10(5-3-7-11)6-8-12-9/h9,11H,2-8H2,1H3. The van der Waals surface area contributed by atoms with E-state index in [1.54, 1.807) is 0 Å². The topological polar surface area (TPSA) is 32.7 Å². The number of aliphatic hydroxyl groups excluding tert-OH is 1. The van der Waals surface area contributed by atoms with Crippen LogP contribution in [0, 0.1) is 0 Å². The van der Waals surface area contributed by atoms with Gasteiger partial charge in [-0.25, -0.2) is 0 Å². The Kier molecular flexibility index (Phi) is 4.58. The predicted molar refractivity (Wildman–Crippen MR) is 47.9 cm³/mol. The number of hydrogen-bond acceptors (Lipinski definition) is 3. The van der Waals surface area contributed by atoms with Crippen LogP contribution in [-0.2, 0) is 4.74 Å². The van der Waals surface area contributed by atoms with Gasteiger partial charge >= 0.3 is 0 Å². The summed E-state index contributed by atoms with van der Waals surface area (Å²) in [5.74, 6) is 0. The molecule has 0 aromatic heterocycles. The van der Waals surface area contributed by atoms with Crippen LogP contribution in [0.25, 0.3) is 0 Å². The SMILES string of the molecule is CCCC1OCCN1CCCO. The van der Waals surface area contributed by atoms with Crippen molar-refractivity contribution in [2.45, 2.75) is 32.4 Å². The van der Waals surface area contributed by atoms with Crippen molar-refractivity contribution >= 4 is 0 Å². The molecule has 3 heteroatoms. The molecule has 1 saturated heterocycles. The maximum Gasteiger partial charge on any atom is 0.110 e. The van der Waals surface area contributed by atoms with Gasteiger partial charge in [0.1, 0.15) is 6.23 Å². The van der Waals surface area contributed by atoms with E-state index in [-0.39, 0.29) is 6.61 Å². The Morgan fingerprint density at radius 2 is 2.42 bits per heavy atom. The van der Waals surface area contributed by atoms with Crippen LogP contribution in [0.1, 0.15) is 26.2 Å². The molecule has 0 aromatic carbocycles. The average molecular weight is 173 g/mol. The molecule has 0 radical (unpaired) electrons. The molecule has 0 saturated carbocycles. The third kappa shape index (κ3) is 2.73. The van der Waals surface area contributed by atoms with Crippen LogP contribution in [0.15, 0.2) is 0 Å². The molecular weight excluding hydrogens is 154 g/mol. The zero-order valence-corrected chi connectivity index (χ0v) is 7.83. The summed E-state index contributed by atoms with van der Waals surface area (Å²) in [6.07, 6.45) is 3.47. The van der Waals surface area contributed by atoms with E-state index in [1.807, 2.05) is 0 Å². The van der Waals surface area contributed by atoms with E-state index < -0.39 is 0 Å². The summed E-state index contributed by atoms with van der Waals surface area (Å²) in [6, 6.07) is 0. The molecule has 12 heavy (non-hydrogen) atoms. The highest BCUT2D eigenvalue weighted by Crippen LogP contribution is 2.14. The van der Waals surface area contributed by atoms with Crippen molar-refractivity contribution in [3.05, 3.63) is 0 Å². The van der Waals surface area contributed by atoms with Gasteiger partial charge in [-0.2, -0.15) is 0 Å². The van der Waals surface area contributed by atoms with Gasteiger partial charge in [0.15, 0.2) is 0 Å². The lowest BCUT2D eigenvalue weighted by atomic mass is 10.3. The minimum Gasteiger partial charge on any atom is -0.396 e. The van der Waals surface area contributed by atoms with Crippen molar-refractivity contribution in [3.63, 3.8) is 0 Å². The summed E-state index contributed by atoms with van der Waals surface area (Å²) in [5, 5.41) is 8.68. The Balaban J connectivity index is 2.20. The molecular formula is C9H19NO2. The first-order valence-electron chi connectivity index (χ1n) is 4.85. The molecule has 1 atom stereocenters. The first-order valence-corrected chi connectivity index (χ1v) is 4.85. The zero-order chi connectivity index (χ0) is 8.81. The fraction of sp³-hybridized carbons (Fsp3) is 1.00. The summed E-state index contributed by atoms with van der Waals surface area (Å²) < 4.78 is 5.55. The highest BCUT2D eigenvalue weighted by molar-refractivity contribution is 4.69. The summed E-state index contributed by atoms with van der Waals surface area (Å²) >= 11 is 0. The van der Waals surface area contributed by atoms with E-state index in [9.17, 15) is 0 Å². The first-order chi connectivity index (χ1) is 5.88. The Morgan fingerprint density at radius 1 is 1.58 bits per heavy atom. The lowest BCUT2D eigenvalue weighted by molar-refractivity contribution is 0.0245. The van der Waals surface area contributed by atoms with E-state index in [0.29, 0.717) is 6.23 Å². The van der Waals surface area contributed by atoms with E-state index in [0.717, 1.165) is 32.5 Å².